The molecular formula is C42H44N2O8S2. The maximum absolute atomic E-state index is 12.3. The second-order valence-corrected chi connectivity index (χ2v) is 15.1. The first kappa shape index (κ1) is 41.5. The van der Waals surface area contributed by atoms with Crippen LogP contribution in [-0.4, -0.2) is 49.9 Å². The summed E-state index contributed by atoms with van der Waals surface area (Å²) in [5.74, 6) is 10.9. The van der Waals surface area contributed by atoms with Crippen molar-refractivity contribution >= 4 is 46.2 Å². The Labute approximate surface area is 324 Å². The van der Waals surface area contributed by atoms with E-state index in [0.717, 1.165) is 19.5 Å². The van der Waals surface area contributed by atoms with Crippen LogP contribution in [0.15, 0.2) is 72.8 Å². The van der Waals surface area contributed by atoms with Gasteiger partial charge in [-0.1, -0.05) is 61.8 Å². The second kappa shape index (κ2) is 20.9. The summed E-state index contributed by atoms with van der Waals surface area (Å²) in [4.78, 5) is 51.3. The van der Waals surface area contributed by atoms with Crippen molar-refractivity contribution in [2.45, 2.75) is 52.6 Å². The molecule has 282 valence electrons. The monoisotopic (exact) mass is 768 g/mol. The quantitative estimate of drug-likeness (QED) is 0.0531. The van der Waals surface area contributed by atoms with Crippen LogP contribution in [0.2, 0.25) is 0 Å². The third kappa shape index (κ3) is 13.6. The molecule has 0 saturated carbocycles. The summed E-state index contributed by atoms with van der Waals surface area (Å²) >= 11 is 2.95. The van der Waals surface area contributed by atoms with Gasteiger partial charge in [0.25, 0.3) is 0 Å². The Morgan fingerprint density at radius 3 is 1.43 bits per heavy atom. The molecule has 2 aromatic carbocycles. The molecule has 0 saturated heterocycles. The van der Waals surface area contributed by atoms with Crippen molar-refractivity contribution in [2.75, 3.05) is 26.4 Å². The number of rotatable bonds is 16. The predicted molar refractivity (Wildman–Crippen MR) is 210 cm³/mol. The van der Waals surface area contributed by atoms with Gasteiger partial charge in [-0.15, -0.1) is 22.7 Å². The van der Waals surface area contributed by atoms with Gasteiger partial charge in [0, 0.05) is 33.0 Å². The fourth-order valence-corrected chi connectivity index (χ4v) is 6.92. The number of carbonyl (C=O) groups excluding carboxylic acids is 4. The Balaban J connectivity index is 1.11. The third-order valence-corrected chi connectivity index (χ3v) is 10.3. The minimum Gasteiger partial charge on any atom is -0.481 e. The Bertz CT molecular complexity index is 1900. The topological polar surface area (TPSA) is 157 Å². The van der Waals surface area contributed by atoms with E-state index in [1.165, 1.54) is 36.5 Å². The van der Waals surface area contributed by atoms with E-state index in [9.17, 15) is 19.2 Å². The van der Waals surface area contributed by atoms with E-state index in [1.54, 1.807) is 48.5 Å². The number of benzene rings is 2. The zero-order valence-corrected chi connectivity index (χ0v) is 32.4. The van der Waals surface area contributed by atoms with Crippen molar-refractivity contribution in [3.63, 3.8) is 0 Å². The van der Waals surface area contributed by atoms with E-state index in [2.05, 4.69) is 23.7 Å². The van der Waals surface area contributed by atoms with Gasteiger partial charge in [-0.05, 0) is 87.1 Å². The minimum atomic E-state index is -1.05. The lowest BCUT2D eigenvalue weighted by Gasteiger charge is -2.17. The molecule has 0 spiro atoms. The van der Waals surface area contributed by atoms with Gasteiger partial charge < -0.3 is 30.4 Å². The molecule has 4 aromatic rings. The van der Waals surface area contributed by atoms with Gasteiger partial charge in [-0.2, -0.15) is 0 Å². The Hall–Kier alpha value is -5.24. The largest absolute Gasteiger partial charge is 0.481 e. The maximum Gasteiger partial charge on any atom is 0.417 e. The van der Waals surface area contributed by atoms with E-state index in [4.69, 9.17) is 30.4 Å². The first-order chi connectivity index (χ1) is 25.9. The predicted octanol–water partition coefficient (Wildman–Crippen LogP) is 6.91. The molecule has 0 aliphatic rings. The molecule has 4 N–H and O–H groups in total. The fourth-order valence-electron chi connectivity index (χ4n) is 5.12. The number of hydrogen-bond donors (Lipinski definition) is 2. The van der Waals surface area contributed by atoms with Crippen LogP contribution in [0, 0.1) is 35.5 Å². The van der Waals surface area contributed by atoms with Gasteiger partial charge in [0.15, 0.2) is 11.6 Å². The van der Waals surface area contributed by atoms with Gasteiger partial charge in [0.05, 0.1) is 23.0 Å². The average Bonchev–Trinajstić information content (AvgIpc) is 3.84. The summed E-state index contributed by atoms with van der Waals surface area (Å²) < 4.78 is 21.7. The lowest BCUT2D eigenvalue weighted by molar-refractivity contribution is -0.169. The number of esters is 2. The van der Waals surface area contributed by atoms with Gasteiger partial charge in [0.1, 0.15) is 24.7 Å². The molecule has 0 bridgehead atoms. The van der Waals surface area contributed by atoms with Crippen LogP contribution >= 0.6 is 22.7 Å². The van der Waals surface area contributed by atoms with E-state index in [1.807, 2.05) is 38.1 Å². The minimum absolute atomic E-state index is 0.0189. The molecular weight excluding hydrogens is 725 g/mol. The van der Waals surface area contributed by atoms with Crippen LogP contribution < -0.4 is 20.9 Å². The molecule has 2 heterocycles. The summed E-state index contributed by atoms with van der Waals surface area (Å²) in [6.45, 7) is 7.17. The van der Waals surface area contributed by atoms with Crippen molar-refractivity contribution in [3.8, 4) is 35.2 Å². The summed E-state index contributed by atoms with van der Waals surface area (Å²) in [5.41, 5.74) is 14.0. The first-order valence-corrected chi connectivity index (χ1v) is 19.0. The Kier molecular flexibility index (Phi) is 16.0. The molecule has 12 heteroatoms. The smallest absolute Gasteiger partial charge is 0.417 e. The maximum atomic E-state index is 12.3. The van der Waals surface area contributed by atoms with Gasteiger partial charge in [-0.3, -0.25) is 9.59 Å². The van der Waals surface area contributed by atoms with Crippen molar-refractivity contribution in [2.24, 2.45) is 23.3 Å². The molecule has 4 atom stereocenters. The molecule has 10 nitrogen and oxygen atoms in total. The highest BCUT2D eigenvalue weighted by atomic mass is 32.1. The SMILES string of the molecule is CC(=O)c1cccc(OCC#Cc2ccc(C(N)C[C@@H](C)COC(=O)C(=O)OC[C@H](C)CC(N)c3ccc(C#CCOc4cccc(C(C)=O)c4)s3)s2)c1. The average molecular weight is 769 g/mol. The van der Waals surface area contributed by atoms with E-state index in [-0.39, 0.29) is 61.9 Å². The van der Waals surface area contributed by atoms with E-state index in [0.29, 0.717) is 35.5 Å². The number of ketones is 2. The highest BCUT2D eigenvalue weighted by Crippen LogP contribution is 2.27. The van der Waals surface area contributed by atoms with E-state index < -0.39 is 11.9 Å². The number of hydrogen-bond acceptors (Lipinski definition) is 12. The Morgan fingerprint density at radius 2 is 1.04 bits per heavy atom. The zero-order chi connectivity index (χ0) is 39.0. The number of ether oxygens (including phenoxy) is 4. The van der Waals surface area contributed by atoms with Crippen molar-refractivity contribution in [3.05, 3.63) is 103 Å². The van der Waals surface area contributed by atoms with Crippen LogP contribution in [0.3, 0.4) is 0 Å². The summed E-state index contributed by atoms with van der Waals surface area (Å²) in [6.07, 6.45) is 1.06. The van der Waals surface area contributed by atoms with Crippen molar-refractivity contribution in [1.29, 1.82) is 0 Å². The normalized spacial score (nSPS) is 12.8. The molecule has 0 fully saturated rings. The van der Waals surface area contributed by atoms with Crippen molar-refractivity contribution < 1.29 is 38.1 Å². The highest BCUT2D eigenvalue weighted by Gasteiger charge is 2.22. The Morgan fingerprint density at radius 1 is 0.630 bits per heavy atom. The number of Topliss-reactive ketones (excluding diaryl/α,β-unsaturated/α-hetero) is 2. The van der Waals surface area contributed by atoms with Gasteiger partial charge in [0.2, 0.25) is 0 Å². The summed E-state index contributed by atoms with van der Waals surface area (Å²) in [5, 5.41) is 0. The zero-order valence-electron chi connectivity index (χ0n) is 30.7. The van der Waals surface area contributed by atoms with Crippen LogP contribution in [-0.2, 0) is 19.1 Å². The highest BCUT2D eigenvalue weighted by molar-refractivity contribution is 7.12. The number of nitrogens with two attached hydrogens (primary N) is 2. The lowest BCUT2D eigenvalue weighted by atomic mass is 10.0. The summed E-state index contributed by atoms with van der Waals surface area (Å²) in [7, 11) is 0. The molecule has 2 unspecified atom stereocenters. The molecule has 54 heavy (non-hydrogen) atoms. The molecule has 0 aliphatic heterocycles. The van der Waals surface area contributed by atoms with E-state index >= 15 is 0 Å². The first-order valence-electron chi connectivity index (χ1n) is 17.4. The third-order valence-electron chi connectivity index (χ3n) is 7.99. The standard InChI is InChI=1S/C42H44N2O8S2/c1-27(21-37(43)39-17-15-35(53-39)13-7-19-49-33-11-5-9-31(23-33)29(3)45)25-51-41(47)42(48)52-26-28(2)22-38(44)40-18-16-36(54-40)14-8-20-50-34-12-6-10-32(24-34)30(4)46/h5-6,9-12,15-18,23-24,27-28,37-38H,19-22,25-26,43-44H2,1-4H3/t27-,28-,37?,38?/m1/s1. The second-order valence-electron chi connectivity index (χ2n) is 12.8. The van der Waals surface area contributed by atoms with Crippen LogP contribution in [0.5, 0.6) is 11.5 Å². The van der Waals surface area contributed by atoms with Crippen LogP contribution in [0.4, 0.5) is 0 Å². The molecule has 4 rings (SSSR count). The van der Waals surface area contributed by atoms with Gasteiger partial charge >= 0.3 is 11.9 Å². The lowest BCUT2D eigenvalue weighted by Crippen LogP contribution is -2.26. The molecule has 0 radical (unpaired) electrons. The number of carbonyl (C=O) groups is 4. The molecule has 2 aromatic heterocycles. The number of thiophene rings is 2. The summed E-state index contributed by atoms with van der Waals surface area (Å²) in [6, 6.07) is 20.9. The van der Waals surface area contributed by atoms with Crippen molar-refractivity contribution in [1.82, 2.24) is 0 Å². The van der Waals surface area contributed by atoms with Gasteiger partial charge in [-0.25, -0.2) is 9.59 Å². The molecule has 0 amide bonds. The molecule has 0 aliphatic carbocycles. The van der Waals surface area contributed by atoms with Crippen LogP contribution in [0.1, 0.15) is 92.8 Å². The van der Waals surface area contributed by atoms with Crippen LogP contribution in [0.25, 0.3) is 0 Å². The fraction of sp³-hybridized carbons (Fsp3) is 0.333.